The molecule has 0 bridgehead atoms. The first-order valence-corrected chi connectivity index (χ1v) is 6.06. The van der Waals surface area contributed by atoms with Crippen molar-refractivity contribution in [1.82, 2.24) is 15.1 Å². The van der Waals surface area contributed by atoms with E-state index in [1.165, 1.54) is 0 Å². The second-order valence-corrected chi connectivity index (χ2v) is 4.40. The lowest BCUT2D eigenvalue weighted by atomic mass is 10.2. The maximum Gasteiger partial charge on any atom is 0.276 e. The van der Waals surface area contributed by atoms with E-state index in [0.717, 1.165) is 18.5 Å². The predicted molar refractivity (Wildman–Crippen MR) is 65.8 cm³/mol. The molecule has 0 aliphatic carbocycles. The second-order valence-electron chi connectivity index (χ2n) is 3.88. The fourth-order valence-corrected chi connectivity index (χ4v) is 1.82. The van der Waals surface area contributed by atoms with E-state index in [2.05, 4.69) is 22.0 Å². The van der Waals surface area contributed by atoms with Gasteiger partial charge in [0.15, 0.2) is 5.82 Å². The molecule has 5 heteroatoms. The van der Waals surface area contributed by atoms with Gasteiger partial charge in [0, 0.05) is 5.69 Å². The molecule has 0 saturated carbocycles. The Labute approximate surface area is 105 Å². The van der Waals surface area contributed by atoms with Gasteiger partial charge in [-0.2, -0.15) is 4.98 Å². The first-order valence-electron chi connectivity index (χ1n) is 5.62. The lowest BCUT2D eigenvalue weighted by molar-refractivity contribution is 0.419. The molecule has 0 aliphatic heterocycles. The van der Waals surface area contributed by atoms with Gasteiger partial charge in [-0.3, -0.25) is 0 Å². The van der Waals surface area contributed by atoms with Gasteiger partial charge in [0.1, 0.15) is 5.69 Å². The zero-order valence-electron chi connectivity index (χ0n) is 9.85. The Morgan fingerprint density at radius 1 is 1.35 bits per heavy atom. The van der Waals surface area contributed by atoms with Crippen molar-refractivity contribution < 1.29 is 4.52 Å². The highest BCUT2D eigenvalue weighted by Gasteiger charge is 2.16. The molecule has 2 heterocycles. The topological polar surface area (TPSA) is 51.8 Å². The summed E-state index contributed by atoms with van der Waals surface area (Å²) in [4.78, 5) is 8.59. The lowest BCUT2D eigenvalue weighted by Crippen LogP contribution is -1.93. The van der Waals surface area contributed by atoms with Crippen molar-refractivity contribution in [3.8, 4) is 11.6 Å². The molecule has 4 nitrogen and oxygen atoms in total. The van der Waals surface area contributed by atoms with Crippen LogP contribution in [-0.4, -0.2) is 15.1 Å². The normalized spacial score (nSPS) is 12.6. The first kappa shape index (κ1) is 12.0. The molecule has 90 valence electrons. The second kappa shape index (κ2) is 5.27. The number of hydrogen-bond donors (Lipinski definition) is 0. The van der Waals surface area contributed by atoms with Crippen molar-refractivity contribution in [2.75, 3.05) is 0 Å². The van der Waals surface area contributed by atoms with Crippen LogP contribution < -0.4 is 0 Å². The van der Waals surface area contributed by atoms with E-state index < -0.39 is 0 Å². The third-order valence-corrected chi connectivity index (χ3v) is 2.78. The van der Waals surface area contributed by atoms with Gasteiger partial charge in [0.2, 0.25) is 0 Å². The molecule has 0 fully saturated rings. The molecule has 0 aromatic carbocycles. The largest absolute Gasteiger partial charge is 0.332 e. The number of pyridine rings is 1. The van der Waals surface area contributed by atoms with E-state index in [-0.39, 0.29) is 5.38 Å². The average Bonchev–Trinajstić information content (AvgIpc) is 2.78. The molecule has 0 aliphatic rings. The van der Waals surface area contributed by atoms with Gasteiger partial charge in [-0.15, -0.1) is 11.6 Å². The van der Waals surface area contributed by atoms with Crippen LogP contribution in [0.5, 0.6) is 0 Å². The zero-order chi connectivity index (χ0) is 12.3. The van der Waals surface area contributed by atoms with Crippen molar-refractivity contribution in [3.63, 3.8) is 0 Å². The third-order valence-electron chi connectivity index (χ3n) is 2.37. The van der Waals surface area contributed by atoms with Crippen molar-refractivity contribution in [2.24, 2.45) is 0 Å². The third kappa shape index (κ3) is 2.82. The number of aryl methyl sites for hydroxylation is 1. The van der Waals surface area contributed by atoms with E-state index in [0.29, 0.717) is 17.4 Å². The fraction of sp³-hybridized carbons (Fsp3) is 0.417. The summed E-state index contributed by atoms with van der Waals surface area (Å²) < 4.78 is 5.17. The quantitative estimate of drug-likeness (QED) is 0.780. The van der Waals surface area contributed by atoms with Gasteiger partial charge >= 0.3 is 0 Å². The van der Waals surface area contributed by atoms with Crippen LogP contribution in [0, 0.1) is 6.92 Å². The Morgan fingerprint density at radius 2 is 2.18 bits per heavy atom. The SMILES string of the molecule is CCCC(Cl)c1noc(-c2cccc(C)n2)n1. The minimum absolute atomic E-state index is 0.192. The van der Waals surface area contributed by atoms with Crippen molar-refractivity contribution >= 4 is 11.6 Å². The molecule has 17 heavy (non-hydrogen) atoms. The summed E-state index contributed by atoms with van der Waals surface area (Å²) >= 11 is 6.13. The summed E-state index contributed by atoms with van der Waals surface area (Å²) in [7, 11) is 0. The smallest absolute Gasteiger partial charge is 0.276 e. The molecule has 2 aromatic heterocycles. The fourth-order valence-electron chi connectivity index (χ4n) is 1.51. The highest BCUT2D eigenvalue weighted by atomic mass is 35.5. The molecule has 1 unspecified atom stereocenters. The maximum absolute atomic E-state index is 6.13. The zero-order valence-corrected chi connectivity index (χ0v) is 10.6. The first-order chi connectivity index (χ1) is 8.20. The van der Waals surface area contributed by atoms with E-state index in [1.54, 1.807) is 0 Å². The van der Waals surface area contributed by atoms with Crippen LogP contribution in [0.2, 0.25) is 0 Å². The predicted octanol–water partition coefficient (Wildman–Crippen LogP) is 3.52. The molecule has 0 radical (unpaired) electrons. The molecule has 2 aromatic rings. The summed E-state index contributed by atoms with van der Waals surface area (Å²) in [6, 6.07) is 5.67. The van der Waals surface area contributed by atoms with Crippen LogP contribution in [0.4, 0.5) is 0 Å². The van der Waals surface area contributed by atoms with Crippen LogP contribution in [0.25, 0.3) is 11.6 Å². The summed E-state index contributed by atoms with van der Waals surface area (Å²) in [6.07, 6.45) is 1.82. The number of hydrogen-bond acceptors (Lipinski definition) is 4. The van der Waals surface area contributed by atoms with Crippen LogP contribution in [0.15, 0.2) is 22.7 Å². The highest BCUT2D eigenvalue weighted by molar-refractivity contribution is 6.20. The Morgan fingerprint density at radius 3 is 2.88 bits per heavy atom. The van der Waals surface area contributed by atoms with Crippen molar-refractivity contribution in [1.29, 1.82) is 0 Å². The Kier molecular flexibility index (Phi) is 3.74. The van der Waals surface area contributed by atoms with E-state index >= 15 is 0 Å². The average molecular weight is 252 g/mol. The Bertz CT molecular complexity index is 498. The summed E-state index contributed by atoms with van der Waals surface area (Å²) in [6.45, 7) is 3.99. The lowest BCUT2D eigenvalue weighted by Gasteiger charge is -1.99. The molecule has 0 N–H and O–H groups in total. The number of rotatable bonds is 4. The molecule has 1 atom stereocenters. The number of aromatic nitrogens is 3. The van der Waals surface area contributed by atoms with Crippen LogP contribution in [-0.2, 0) is 0 Å². The molecule has 0 amide bonds. The highest BCUT2D eigenvalue weighted by Crippen LogP contribution is 2.25. The molecular formula is C12H14ClN3O. The Balaban J connectivity index is 2.23. The van der Waals surface area contributed by atoms with E-state index in [9.17, 15) is 0 Å². The molecule has 0 saturated heterocycles. The van der Waals surface area contributed by atoms with Crippen molar-refractivity contribution in [3.05, 3.63) is 29.7 Å². The van der Waals surface area contributed by atoms with Crippen molar-refractivity contribution in [2.45, 2.75) is 32.1 Å². The molecule has 0 spiro atoms. The minimum Gasteiger partial charge on any atom is -0.332 e. The van der Waals surface area contributed by atoms with Crippen LogP contribution in [0.3, 0.4) is 0 Å². The van der Waals surface area contributed by atoms with Gasteiger partial charge in [0.25, 0.3) is 5.89 Å². The van der Waals surface area contributed by atoms with Gasteiger partial charge in [-0.05, 0) is 25.5 Å². The minimum atomic E-state index is -0.192. The number of halogens is 1. The van der Waals surface area contributed by atoms with Gasteiger partial charge in [0.05, 0.1) is 5.38 Å². The van der Waals surface area contributed by atoms with Crippen LogP contribution in [0.1, 0.15) is 36.7 Å². The number of nitrogens with zero attached hydrogens (tertiary/aromatic N) is 3. The molecular weight excluding hydrogens is 238 g/mol. The number of alkyl halides is 1. The Hall–Kier alpha value is -1.42. The summed E-state index contributed by atoms with van der Waals surface area (Å²) in [5.74, 6) is 0.956. The van der Waals surface area contributed by atoms with Gasteiger partial charge in [-0.25, -0.2) is 4.98 Å². The molecule has 2 rings (SSSR count). The van der Waals surface area contributed by atoms with Crippen LogP contribution >= 0.6 is 11.6 Å². The standard InChI is InChI=1S/C12H14ClN3O/c1-3-5-9(13)11-15-12(17-16-11)10-7-4-6-8(2)14-10/h4,6-7,9H,3,5H2,1-2H3. The van der Waals surface area contributed by atoms with E-state index in [1.807, 2.05) is 25.1 Å². The van der Waals surface area contributed by atoms with Gasteiger partial charge in [-0.1, -0.05) is 24.6 Å². The van der Waals surface area contributed by atoms with Gasteiger partial charge < -0.3 is 4.52 Å². The van der Waals surface area contributed by atoms with E-state index in [4.69, 9.17) is 16.1 Å². The monoisotopic (exact) mass is 251 g/mol. The summed E-state index contributed by atoms with van der Waals surface area (Å²) in [5.41, 5.74) is 1.60. The summed E-state index contributed by atoms with van der Waals surface area (Å²) in [5, 5.41) is 3.69. The maximum atomic E-state index is 6.13.